The van der Waals surface area contributed by atoms with Gasteiger partial charge in [0, 0.05) is 13.1 Å². The number of likely N-dealkylation sites (N-methyl/N-ethyl adjacent to an activating group) is 1. The molecule has 120 valence electrons. The van der Waals surface area contributed by atoms with E-state index in [0.717, 1.165) is 24.0 Å². The van der Waals surface area contributed by atoms with Crippen LogP contribution in [0.2, 0.25) is 0 Å². The van der Waals surface area contributed by atoms with Crippen molar-refractivity contribution in [3.8, 4) is 0 Å². The normalized spacial score (nSPS) is 19.8. The first-order chi connectivity index (χ1) is 11.0. The van der Waals surface area contributed by atoms with Gasteiger partial charge in [-0.3, -0.25) is 0 Å². The van der Waals surface area contributed by atoms with Crippen molar-refractivity contribution in [2.24, 2.45) is 0 Å². The minimum absolute atomic E-state index is 0.0403. The SMILES string of the molecule is Cc1ccc(S(=O)(=O)N(C)C2CC/C2=C\c2ccccc2)cc1. The summed E-state index contributed by atoms with van der Waals surface area (Å²) in [7, 11) is -1.77. The van der Waals surface area contributed by atoms with E-state index in [2.05, 4.69) is 6.08 Å². The lowest BCUT2D eigenvalue weighted by Gasteiger charge is -2.37. The fourth-order valence-electron chi connectivity index (χ4n) is 2.83. The summed E-state index contributed by atoms with van der Waals surface area (Å²) >= 11 is 0. The van der Waals surface area contributed by atoms with Crippen molar-refractivity contribution in [1.29, 1.82) is 0 Å². The van der Waals surface area contributed by atoms with Gasteiger partial charge < -0.3 is 0 Å². The molecule has 0 aromatic heterocycles. The molecule has 1 fully saturated rings. The van der Waals surface area contributed by atoms with E-state index in [9.17, 15) is 8.42 Å². The van der Waals surface area contributed by atoms with Crippen LogP contribution in [-0.4, -0.2) is 25.8 Å². The van der Waals surface area contributed by atoms with Crippen LogP contribution in [0.5, 0.6) is 0 Å². The highest BCUT2D eigenvalue weighted by Gasteiger charge is 2.35. The molecule has 1 unspecified atom stereocenters. The second-order valence-electron chi connectivity index (χ2n) is 6.02. The van der Waals surface area contributed by atoms with Gasteiger partial charge in [0.05, 0.1) is 4.90 Å². The molecule has 3 rings (SSSR count). The first-order valence-corrected chi connectivity index (χ1v) is 9.23. The Morgan fingerprint density at radius 2 is 1.70 bits per heavy atom. The molecule has 2 aromatic carbocycles. The summed E-state index contributed by atoms with van der Waals surface area (Å²) in [5.41, 5.74) is 3.35. The molecular weight excluding hydrogens is 306 g/mol. The van der Waals surface area contributed by atoms with Crippen LogP contribution >= 0.6 is 0 Å². The summed E-state index contributed by atoms with van der Waals surface area (Å²) in [5, 5.41) is 0. The Hall–Kier alpha value is -1.91. The standard InChI is InChI=1S/C19H21NO2S/c1-15-8-11-18(12-9-15)23(21,22)20(2)19-13-10-17(19)14-16-6-4-3-5-7-16/h3-9,11-12,14,19H,10,13H2,1-2H3/b17-14+. The molecule has 0 aliphatic heterocycles. The van der Waals surface area contributed by atoms with E-state index < -0.39 is 10.0 Å². The lowest BCUT2D eigenvalue weighted by molar-refractivity contribution is 0.332. The van der Waals surface area contributed by atoms with Crippen LogP contribution < -0.4 is 0 Å². The highest BCUT2D eigenvalue weighted by atomic mass is 32.2. The zero-order chi connectivity index (χ0) is 16.4. The predicted octanol–water partition coefficient (Wildman–Crippen LogP) is 3.86. The third kappa shape index (κ3) is 3.23. The van der Waals surface area contributed by atoms with Crippen molar-refractivity contribution >= 4 is 16.1 Å². The molecule has 3 nitrogen and oxygen atoms in total. The van der Waals surface area contributed by atoms with Crippen molar-refractivity contribution in [3.05, 3.63) is 71.3 Å². The van der Waals surface area contributed by atoms with Crippen molar-refractivity contribution in [2.45, 2.75) is 30.7 Å². The van der Waals surface area contributed by atoms with Gasteiger partial charge >= 0.3 is 0 Å². The molecule has 0 heterocycles. The molecule has 0 spiro atoms. The average molecular weight is 327 g/mol. The number of sulfonamides is 1. The minimum atomic E-state index is -3.45. The van der Waals surface area contributed by atoms with E-state index in [1.165, 1.54) is 9.88 Å². The largest absolute Gasteiger partial charge is 0.243 e. The van der Waals surface area contributed by atoms with E-state index in [1.807, 2.05) is 49.4 Å². The molecule has 1 atom stereocenters. The van der Waals surface area contributed by atoms with Gasteiger partial charge in [-0.25, -0.2) is 8.42 Å². The molecule has 0 bridgehead atoms. The van der Waals surface area contributed by atoms with E-state index in [-0.39, 0.29) is 6.04 Å². The Morgan fingerprint density at radius 3 is 2.26 bits per heavy atom. The van der Waals surface area contributed by atoms with Gasteiger partial charge in [0.2, 0.25) is 10.0 Å². The zero-order valence-electron chi connectivity index (χ0n) is 13.4. The van der Waals surface area contributed by atoms with Crippen LogP contribution in [0.3, 0.4) is 0 Å². The first kappa shape index (κ1) is 16.0. The number of benzene rings is 2. The number of aryl methyl sites for hydroxylation is 1. The Balaban J connectivity index is 1.84. The molecule has 0 radical (unpaired) electrons. The third-order valence-corrected chi connectivity index (χ3v) is 6.30. The number of hydrogen-bond donors (Lipinski definition) is 0. The number of hydrogen-bond acceptors (Lipinski definition) is 2. The van der Waals surface area contributed by atoms with Crippen molar-refractivity contribution in [1.82, 2.24) is 4.31 Å². The molecule has 1 aliphatic carbocycles. The van der Waals surface area contributed by atoms with Gasteiger partial charge in [0.15, 0.2) is 0 Å². The molecule has 1 saturated carbocycles. The van der Waals surface area contributed by atoms with Crippen LogP contribution in [-0.2, 0) is 10.0 Å². The van der Waals surface area contributed by atoms with Crippen LogP contribution in [0, 0.1) is 6.92 Å². The smallest absolute Gasteiger partial charge is 0.207 e. The topological polar surface area (TPSA) is 37.4 Å². The van der Waals surface area contributed by atoms with E-state index in [0.29, 0.717) is 4.90 Å². The quantitative estimate of drug-likeness (QED) is 0.855. The molecule has 0 saturated heterocycles. The summed E-state index contributed by atoms with van der Waals surface area (Å²) in [6, 6.07) is 17.0. The van der Waals surface area contributed by atoms with Crippen LogP contribution in [0.15, 0.2) is 65.1 Å². The van der Waals surface area contributed by atoms with Crippen molar-refractivity contribution in [2.75, 3.05) is 7.05 Å². The van der Waals surface area contributed by atoms with Gasteiger partial charge in [0.1, 0.15) is 0 Å². The molecular formula is C19H21NO2S. The molecule has 4 heteroatoms. The highest BCUT2D eigenvalue weighted by molar-refractivity contribution is 7.89. The Kier molecular flexibility index (Phi) is 4.37. The van der Waals surface area contributed by atoms with Crippen LogP contribution in [0.4, 0.5) is 0 Å². The molecule has 0 amide bonds. The molecule has 2 aromatic rings. The third-order valence-electron chi connectivity index (χ3n) is 4.42. The first-order valence-electron chi connectivity index (χ1n) is 7.79. The lowest BCUT2D eigenvalue weighted by atomic mass is 9.85. The fraction of sp³-hybridized carbons (Fsp3) is 0.263. The summed E-state index contributed by atoms with van der Waals surface area (Å²) in [6.07, 6.45) is 3.93. The van der Waals surface area contributed by atoms with E-state index >= 15 is 0 Å². The van der Waals surface area contributed by atoms with Crippen LogP contribution in [0.1, 0.15) is 24.0 Å². The number of nitrogens with zero attached hydrogens (tertiary/aromatic N) is 1. The minimum Gasteiger partial charge on any atom is -0.207 e. The highest BCUT2D eigenvalue weighted by Crippen LogP contribution is 2.35. The summed E-state index contributed by atoms with van der Waals surface area (Å²) in [4.78, 5) is 0.358. The van der Waals surface area contributed by atoms with Crippen molar-refractivity contribution in [3.63, 3.8) is 0 Å². The Morgan fingerprint density at radius 1 is 1.04 bits per heavy atom. The summed E-state index contributed by atoms with van der Waals surface area (Å²) in [6.45, 7) is 1.95. The summed E-state index contributed by atoms with van der Waals surface area (Å²) < 4.78 is 27.1. The predicted molar refractivity (Wildman–Crippen MR) is 93.6 cm³/mol. The average Bonchev–Trinajstić information content (AvgIpc) is 2.53. The molecule has 0 N–H and O–H groups in total. The fourth-order valence-corrected chi connectivity index (χ4v) is 4.22. The second kappa shape index (κ2) is 6.30. The monoisotopic (exact) mass is 327 g/mol. The van der Waals surface area contributed by atoms with E-state index in [4.69, 9.17) is 0 Å². The van der Waals surface area contributed by atoms with Crippen LogP contribution in [0.25, 0.3) is 6.08 Å². The summed E-state index contributed by atoms with van der Waals surface area (Å²) in [5.74, 6) is 0. The molecule has 23 heavy (non-hydrogen) atoms. The van der Waals surface area contributed by atoms with E-state index in [1.54, 1.807) is 19.2 Å². The van der Waals surface area contributed by atoms with Gasteiger partial charge in [-0.1, -0.05) is 59.7 Å². The second-order valence-corrected chi connectivity index (χ2v) is 8.02. The Labute approximate surface area is 138 Å². The van der Waals surface area contributed by atoms with Crippen molar-refractivity contribution < 1.29 is 8.42 Å². The maximum absolute atomic E-state index is 12.8. The van der Waals surface area contributed by atoms with Gasteiger partial charge in [-0.15, -0.1) is 0 Å². The van der Waals surface area contributed by atoms with Gasteiger partial charge in [-0.2, -0.15) is 4.31 Å². The maximum atomic E-state index is 12.8. The number of rotatable bonds is 4. The lowest BCUT2D eigenvalue weighted by Crippen LogP contribution is -2.43. The van der Waals surface area contributed by atoms with Gasteiger partial charge in [0.25, 0.3) is 0 Å². The molecule has 1 aliphatic rings. The van der Waals surface area contributed by atoms with Gasteiger partial charge in [-0.05, 0) is 37.5 Å². The maximum Gasteiger partial charge on any atom is 0.243 e. The Bertz CT molecular complexity index is 808. The zero-order valence-corrected chi connectivity index (χ0v) is 14.3.